The highest BCUT2D eigenvalue weighted by atomic mass is 19.4. The normalized spacial score (nSPS) is 17.7. The minimum atomic E-state index is -5.28. The molecule has 2 aliphatic rings. The van der Waals surface area contributed by atoms with E-state index in [1.165, 1.54) is 35.6 Å². The highest BCUT2D eigenvalue weighted by Gasteiger charge is 2.57. The summed E-state index contributed by atoms with van der Waals surface area (Å²) >= 11 is 0. The van der Waals surface area contributed by atoms with Gasteiger partial charge in [-0.05, 0) is 89.2 Å². The number of likely N-dealkylation sites (N-methyl/N-ethyl adjacent to an activating group) is 1. The molecule has 18 nitrogen and oxygen atoms in total. The molecule has 4 amide bonds. The number of carbonyl (C=O) groups is 4. The maximum Gasteiger partial charge on any atom is 0.407 e. The number of halogens is 10. The predicted molar refractivity (Wildman–Crippen MR) is 263 cm³/mol. The number of anilines is 1. The lowest BCUT2D eigenvalue weighted by atomic mass is 9.82. The molecule has 2 fully saturated rings. The molecule has 4 aromatic rings. The van der Waals surface area contributed by atoms with Crippen molar-refractivity contribution >= 4 is 29.8 Å². The van der Waals surface area contributed by atoms with E-state index >= 15 is 8.78 Å². The number of hydrazine groups is 1. The molecule has 2 aliphatic heterocycles. The summed E-state index contributed by atoms with van der Waals surface area (Å²) in [5, 5.41) is 31.4. The topological polar surface area (TPSA) is 216 Å². The van der Waals surface area contributed by atoms with Crippen molar-refractivity contribution in [1.29, 1.82) is 0 Å². The second kappa shape index (κ2) is 24.8. The minimum absolute atomic E-state index is 0.169. The van der Waals surface area contributed by atoms with Crippen LogP contribution in [0.5, 0.6) is 0 Å². The van der Waals surface area contributed by atoms with Crippen molar-refractivity contribution in [3.8, 4) is 23.1 Å². The molecular formula is C51H58F10N10O8. The Morgan fingerprint density at radius 1 is 0.835 bits per heavy atom. The average molecular weight is 1130 g/mol. The number of pyridine rings is 1. The summed E-state index contributed by atoms with van der Waals surface area (Å²) in [5.41, 5.74) is -4.40. The first-order valence-corrected chi connectivity index (χ1v) is 24.3. The zero-order valence-corrected chi connectivity index (χ0v) is 43.4. The van der Waals surface area contributed by atoms with Crippen LogP contribution < -0.4 is 26.3 Å². The quantitative estimate of drug-likeness (QED) is 0.0369. The van der Waals surface area contributed by atoms with Crippen LogP contribution in [0.25, 0.3) is 11.3 Å². The Labute approximate surface area is 446 Å². The molecule has 2 aromatic heterocycles. The van der Waals surface area contributed by atoms with Crippen LogP contribution >= 0.6 is 0 Å². The smallest absolute Gasteiger partial charge is 0.407 e. The van der Waals surface area contributed by atoms with Crippen LogP contribution in [-0.2, 0) is 38.6 Å². The number of alkyl carbamates (subject to hydrolysis) is 1. The molecule has 6 atom stereocenters. The lowest BCUT2D eigenvalue weighted by molar-refractivity contribution is -0.221. The van der Waals surface area contributed by atoms with E-state index in [1.807, 2.05) is 16.8 Å². The Bertz CT molecular complexity index is 2820. The van der Waals surface area contributed by atoms with Crippen LogP contribution in [0.3, 0.4) is 0 Å². The second-order valence-corrected chi connectivity index (χ2v) is 20.1. The van der Waals surface area contributed by atoms with Gasteiger partial charge >= 0.3 is 24.5 Å². The van der Waals surface area contributed by atoms with Crippen molar-refractivity contribution in [1.82, 2.24) is 46.0 Å². The van der Waals surface area contributed by atoms with Gasteiger partial charge in [-0.15, -0.1) is 0 Å². The first-order chi connectivity index (χ1) is 36.9. The molecule has 0 spiro atoms. The SMILES string of the molecule is COC(=O)N[C@H](C(=O)N[C@@H](Cc1ccc(C#Cc2ccc(N3CC4COCC(C3)N4C)nc2)cc1)[C@@H](O)CN(Cc1c(F)cc(-c2ccn(CC(F)F)n2)cc1F)NC(=O)[C@@H](NC(=O)O)C(C)(C)C(F)(F)F)C(C)(C)C(F)(F)F. The molecule has 4 heterocycles. The Balaban J connectivity index is 1.33. The van der Waals surface area contributed by atoms with Crippen LogP contribution in [0.4, 0.5) is 59.3 Å². The van der Waals surface area contributed by atoms with E-state index in [1.54, 1.807) is 12.3 Å². The number of hydrogen-bond donors (Lipinski definition) is 6. The fourth-order valence-corrected chi connectivity index (χ4v) is 8.68. The van der Waals surface area contributed by atoms with Gasteiger partial charge in [0.1, 0.15) is 36.1 Å². The lowest BCUT2D eigenvalue weighted by Gasteiger charge is -2.48. The molecule has 2 bridgehead atoms. The maximum atomic E-state index is 16.0. The number of ether oxygens (including phenoxy) is 2. The number of nitrogens with one attached hydrogen (secondary N) is 4. The van der Waals surface area contributed by atoms with Gasteiger partial charge in [0, 0.05) is 60.8 Å². The standard InChI is InChI=1S/C51H58F10N10O8/c1-48(2,50(56,57)58)42(65-47(77)78-6)44(73)63-38(17-29-10-7-28(8-11-29)9-12-30-13-14-41(62-20-30)69-21-32-26-79-27-33(22-69)68(32)5)39(72)24-71(67-45(74)43(64-46(75)76)49(3,4)51(59,60)61)23-34-35(52)18-31(19-36(34)53)37-15-16-70(66-37)25-40(54)55/h7-8,10-11,13-16,18-20,32-33,38-40,42-43,64,72H,17,21-27H2,1-6H3,(H,63,73)(H,65,77)(H,67,74)(H,75,76)/t32?,33?,38-,39-,42+,43+/m0/s1. The van der Waals surface area contributed by atoms with E-state index < -0.39 is 121 Å². The molecule has 430 valence electrons. The van der Waals surface area contributed by atoms with Gasteiger partial charge in [0.05, 0.1) is 61.1 Å². The zero-order valence-electron chi connectivity index (χ0n) is 43.4. The first-order valence-electron chi connectivity index (χ1n) is 24.3. The van der Waals surface area contributed by atoms with Crippen LogP contribution in [0.1, 0.15) is 49.9 Å². The fraction of sp³-hybridized carbons (Fsp3) is 0.490. The third kappa shape index (κ3) is 15.1. The van der Waals surface area contributed by atoms with Gasteiger partial charge < -0.3 is 40.5 Å². The van der Waals surface area contributed by atoms with E-state index in [9.17, 15) is 64.5 Å². The monoisotopic (exact) mass is 1130 g/mol. The van der Waals surface area contributed by atoms with E-state index in [4.69, 9.17) is 4.74 Å². The van der Waals surface area contributed by atoms with Crippen molar-refractivity contribution in [3.05, 3.63) is 101 Å². The highest BCUT2D eigenvalue weighted by molar-refractivity contribution is 5.87. The van der Waals surface area contributed by atoms with Gasteiger partial charge in [0.25, 0.3) is 12.3 Å². The summed E-state index contributed by atoms with van der Waals surface area (Å²) in [6.07, 6.45) is -16.8. The van der Waals surface area contributed by atoms with Crippen molar-refractivity contribution in [2.45, 2.75) is 102 Å². The molecule has 28 heteroatoms. The molecule has 6 N–H and O–H groups in total. The van der Waals surface area contributed by atoms with Gasteiger partial charge in [0.15, 0.2) is 0 Å². The number of hydrogen-bond acceptors (Lipinski definition) is 12. The van der Waals surface area contributed by atoms with Gasteiger partial charge in [-0.25, -0.2) is 37.1 Å². The minimum Gasteiger partial charge on any atom is -0.465 e. The average Bonchev–Trinajstić information content (AvgIpc) is 3.95. The van der Waals surface area contributed by atoms with Gasteiger partial charge in [0.2, 0.25) is 5.91 Å². The van der Waals surface area contributed by atoms with E-state index in [0.29, 0.717) is 69.2 Å². The van der Waals surface area contributed by atoms with Gasteiger partial charge in [-0.1, -0.05) is 24.0 Å². The van der Waals surface area contributed by atoms with Crippen molar-refractivity contribution < 1.29 is 82.8 Å². The lowest BCUT2D eigenvalue weighted by Crippen LogP contribution is -2.63. The summed E-state index contributed by atoms with van der Waals surface area (Å²) in [5.74, 6) is 0.617. The Morgan fingerprint density at radius 2 is 1.41 bits per heavy atom. The molecule has 2 saturated heterocycles. The van der Waals surface area contributed by atoms with Crippen LogP contribution in [-0.4, -0.2) is 161 Å². The van der Waals surface area contributed by atoms with Gasteiger partial charge in [-0.3, -0.25) is 24.6 Å². The molecule has 0 saturated carbocycles. The molecular weight excluding hydrogens is 1070 g/mol. The number of piperazine rings is 1. The number of nitrogens with zero attached hydrogens (tertiary/aromatic N) is 6. The number of aliphatic hydroxyl groups is 1. The number of rotatable bonds is 19. The molecule has 0 aliphatic carbocycles. The van der Waals surface area contributed by atoms with Crippen LogP contribution in [0.15, 0.2) is 67.0 Å². The Morgan fingerprint density at radius 3 is 1.94 bits per heavy atom. The third-order valence-electron chi connectivity index (χ3n) is 13.8. The fourth-order valence-electron chi connectivity index (χ4n) is 8.68. The number of benzene rings is 2. The van der Waals surface area contributed by atoms with Gasteiger partial charge in [-0.2, -0.15) is 31.4 Å². The Kier molecular flexibility index (Phi) is 19.2. The third-order valence-corrected chi connectivity index (χ3v) is 13.8. The predicted octanol–water partition coefficient (Wildman–Crippen LogP) is 5.87. The maximum absolute atomic E-state index is 16.0. The number of aromatic nitrogens is 3. The number of amides is 4. The molecule has 2 unspecified atom stereocenters. The van der Waals surface area contributed by atoms with E-state index in [-0.39, 0.29) is 28.9 Å². The number of alkyl halides is 8. The summed E-state index contributed by atoms with van der Waals surface area (Å²) in [6, 6.07) is 5.70. The number of fused-ring (bicyclic) bond motifs is 2. The number of aliphatic hydroxyl groups excluding tert-OH is 1. The van der Waals surface area contributed by atoms with E-state index in [0.717, 1.165) is 36.9 Å². The van der Waals surface area contributed by atoms with Crippen molar-refractivity contribution in [2.24, 2.45) is 10.8 Å². The van der Waals surface area contributed by atoms with Crippen LogP contribution in [0, 0.1) is 34.3 Å². The second-order valence-electron chi connectivity index (χ2n) is 20.1. The number of carboxylic acid groups (broad SMARTS) is 1. The highest BCUT2D eigenvalue weighted by Crippen LogP contribution is 2.42. The zero-order chi connectivity index (χ0) is 58.4. The summed E-state index contributed by atoms with van der Waals surface area (Å²) in [7, 11) is 2.88. The first kappa shape index (κ1) is 61.0. The summed E-state index contributed by atoms with van der Waals surface area (Å²) < 4.78 is 156. The number of methoxy groups -OCH3 is 1. The number of carbonyl (C=O) groups excluding carboxylic acids is 3. The molecule has 0 radical (unpaired) electrons. The number of morpholine rings is 1. The summed E-state index contributed by atoms with van der Waals surface area (Å²) in [4.78, 5) is 61.1. The molecule has 79 heavy (non-hydrogen) atoms. The van der Waals surface area contributed by atoms with Crippen molar-refractivity contribution in [3.63, 3.8) is 0 Å². The van der Waals surface area contributed by atoms with Crippen LogP contribution in [0.2, 0.25) is 0 Å². The molecule has 6 rings (SSSR count). The molecule has 2 aromatic carbocycles. The van der Waals surface area contributed by atoms with E-state index in [2.05, 4.69) is 48.8 Å². The van der Waals surface area contributed by atoms with Crippen molar-refractivity contribution in [2.75, 3.05) is 51.9 Å². The largest absolute Gasteiger partial charge is 0.465 e. The Hall–Kier alpha value is -7.22. The summed E-state index contributed by atoms with van der Waals surface area (Å²) in [6.45, 7) is 1.60.